The van der Waals surface area contributed by atoms with E-state index in [0.717, 1.165) is 18.8 Å². The second-order valence-corrected chi connectivity index (χ2v) is 7.23. The summed E-state index contributed by atoms with van der Waals surface area (Å²) in [7, 11) is 3.47. The summed E-state index contributed by atoms with van der Waals surface area (Å²) in [6.45, 7) is 2.97. The van der Waals surface area contributed by atoms with Crippen molar-refractivity contribution in [1.82, 2.24) is 29.3 Å². The molecule has 0 radical (unpaired) electrons. The Morgan fingerprint density at radius 1 is 1.00 bits per heavy atom. The lowest BCUT2D eigenvalue weighted by Crippen LogP contribution is -2.47. The maximum atomic E-state index is 12.3. The van der Waals surface area contributed by atoms with Crippen LogP contribution in [0, 0.1) is 0 Å². The Morgan fingerprint density at radius 3 is 2.55 bits per heavy atom. The van der Waals surface area contributed by atoms with E-state index in [2.05, 4.69) is 29.9 Å². The number of hydrogen-bond acceptors (Lipinski definition) is 7. The number of aromatic nitrogens is 6. The highest BCUT2D eigenvalue weighted by molar-refractivity contribution is 5.81. The maximum Gasteiger partial charge on any atom is 0.263 e. The van der Waals surface area contributed by atoms with Gasteiger partial charge in [0.05, 0.1) is 23.4 Å². The lowest BCUT2D eigenvalue weighted by Gasteiger charge is -2.36. The van der Waals surface area contributed by atoms with Crippen molar-refractivity contribution in [3.05, 3.63) is 51.4 Å². The van der Waals surface area contributed by atoms with Crippen LogP contribution < -0.4 is 20.9 Å². The smallest absolute Gasteiger partial charge is 0.263 e. The average molecular weight is 392 g/mol. The Labute approximate surface area is 165 Å². The number of nitrogens with one attached hydrogen (secondary N) is 1. The van der Waals surface area contributed by atoms with E-state index in [1.807, 2.05) is 18.2 Å². The molecular weight excluding hydrogens is 372 g/mol. The monoisotopic (exact) mass is 392 g/mol. The number of fused-ring (bicyclic) bond motifs is 2. The van der Waals surface area contributed by atoms with Gasteiger partial charge in [-0.15, -0.1) is 0 Å². The minimum absolute atomic E-state index is 0.0491. The zero-order valence-corrected chi connectivity index (χ0v) is 16.2. The summed E-state index contributed by atoms with van der Waals surface area (Å²) in [6, 6.07) is 5.75. The summed E-state index contributed by atoms with van der Waals surface area (Å²) in [6.07, 6.45) is 3.08. The van der Waals surface area contributed by atoms with Crippen LogP contribution in [0.4, 0.5) is 11.6 Å². The molecule has 10 nitrogen and oxygen atoms in total. The number of aromatic amines is 1. The van der Waals surface area contributed by atoms with E-state index in [-0.39, 0.29) is 11.1 Å². The second kappa shape index (κ2) is 6.43. The molecule has 0 amide bonds. The third kappa shape index (κ3) is 2.84. The highest BCUT2D eigenvalue weighted by Crippen LogP contribution is 2.21. The van der Waals surface area contributed by atoms with E-state index in [1.54, 1.807) is 25.1 Å². The minimum Gasteiger partial charge on any atom is -0.368 e. The lowest BCUT2D eigenvalue weighted by atomic mass is 10.2. The number of anilines is 2. The molecule has 0 aliphatic carbocycles. The summed E-state index contributed by atoms with van der Waals surface area (Å²) >= 11 is 0. The Morgan fingerprint density at radius 2 is 1.76 bits per heavy atom. The SMILES string of the molecule is Cn1cnc2cc(N3CCN(c4nc5c(cnn5C)c(=O)[nH]4)CC3)ccc2c1=O. The summed E-state index contributed by atoms with van der Waals surface area (Å²) < 4.78 is 3.09. The first-order chi connectivity index (χ1) is 14.0. The van der Waals surface area contributed by atoms with Gasteiger partial charge in [-0.05, 0) is 18.2 Å². The molecule has 1 aliphatic rings. The van der Waals surface area contributed by atoms with Crippen molar-refractivity contribution in [3.8, 4) is 0 Å². The van der Waals surface area contributed by atoms with Crippen LogP contribution in [0.3, 0.4) is 0 Å². The van der Waals surface area contributed by atoms with Gasteiger partial charge in [0.1, 0.15) is 5.39 Å². The number of rotatable bonds is 2. The molecule has 1 aliphatic heterocycles. The normalized spacial score (nSPS) is 14.8. The maximum absolute atomic E-state index is 12.3. The summed E-state index contributed by atoms with van der Waals surface area (Å²) in [5.74, 6) is 0.564. The van der Waals surface area contributed by atoms with Crippen LogP contribution in [-0.2, 0) is 14.1 Å². The highest BCUT2D eigenvalue weighted by atomic mass is 16.1. The number of aryl methyl sites for hydroxylation is 2. The molecule has 0 saturated carbocycles. The minimum atomic E-state index is -0.178. The third-order valence-electron chi connectivity index (χ3n) is 5.44. The Bertz CT molecular complexity index is 1340. The van der Waals surface area contributed by atoms with Crippen molar-refractivity contribution in [2.45, 2.75) is 0 Å². The largest absolute Gasteiger partial charge is 0.368 e. The van der Waals surface area contributed by atoms with Crippen molar-refractivity contribution in [2.24, 2.45) is 14.1 Å². The lowest BCUT2D eigenvalue weighted by molar-refractivity contribution is 0.639. The molecule has 4 aromatic rings. The molecule has 1 N–H and O–H groups in total. The van der Waals surface area contributed by atoms with Gasteiger partial charge < -0.3 is 14.4 Å². The van der Waals surface area contributed by atoms with Gasteiger partial charge in [0.25, 0.3) is 11.1 Å². The van der Waals surface area contributed by atoms with Crippen LogP contribution in [0.15, 0.2) is 40.3 Å². The van der Waals surface area contributed by atoms with Crippen LogP contribution in [0.1, 0.15) is 0 Å². The van der Waals surface area contributed by atoms with Gasteiger partial charge in [-0.1, -0.05) is 0 Å². The van der Waals surface area contributed by atoms with Crippen molar-refractivity contribution in [3.63, 3.8) is 0 Å². The topological polar surface area (TPSA) is 105 Å². The van der Waals surface area contributed by atoms with Gasteiger partial charge in [-0.2, -0.15) is 10.1 Å². The molecule has 148 valence electrons. The summed E-state index contributed by atoms with van der Waals surface area (Å²) in [5, 5.41) is 5.21. The van der Waals surface area contributed by atoms with Gasteiger partial charge in [0.15, 0.2) is 5.65 Å². The van der Waals surface area contributed by atoms with E-state index in [0.29, 0.717) is 41.0 Å². The van der Waals surface area contributed by atoms with Crippen molar-refractivity contribution < 1.29 is 0 Å². The molecule has 0 atom stereocenters. The quantitative estimate of drug-likeness (QED) is 0.521. The molecule has 5 rings (SSSR count). The first-order valence-electron chi connectivity index (χ1n) is 9.38. The molecular formula is C19H20N8O2. The average Bonchev–Trinajstić information content (AvgIpc) is 3.12. The molecule has 4 heterocycles. The predicted octanol–water partition coefficient (Wildman–Crippen LogP) is 0.230. The number of piperazine rings is 1. The van der Waals surface area contributed by atoms with Gasteiger partial charge in [0, 0.05) is 46.0 Å². The third-order valence-corrected chi connectivity index (χ3v) is 5.44. The first-order valence-corrected chi connectivity index (χ1v) is 9.38. The molecule has 1 fully saturated rings. The fourth-order valence-electron chi connectivity index (χ4n) is 3.74. The van der Waals surface area contributed by atoms with E-state index in [1.165, 1.54) is 10.8 Å². The van der Waals surface area contributed by atoms with Crippen LogP contribution >= 0.6 is 0 Å². The van der Waals surface area contributed by atoms with Crippen LogP contribution in [0.5, 0.6) is 0 Å². The van der Waals surface area contributed by atoms with Gasteiger partial charge in [-0.3, -0.25) is 19.3 Å². The fourth-order valence-corrected chi connectivity index (χ4v) is 3.74. The first kappa shape index (κ1) is 17.4. The van der Waals surface area contributed by atoms with Gasteiger partial charge >= 0.3 is 0 Å². The Hall–Kier alpha value is -3.69. The standard InChI is InChI=1S/C19H20N8O2/c1-24-11-20-15-9-12(3-4-13(15)18(24)29)26-5-7-27(8-6-26)19-22-16-14(17(28)23-19)10-21-25(16)2/h3-4,9-11H,5-8H2,1-2H3,(H,22,23,28). The van der Waals surface area contributed by atoms with Crippen LogP contribution in [0.2, 0.25) is 0 Å². The van der Waals surface area contributed by atoms with E-state index in [9.17, 15) is 9.59 Å². The van der Waals surface area contributed by atoms with Crippen molar-refractivity contribution in [2.75, 3.05) is 36.0 Å². The molecule has 0 bridgehead atoms. The number of benzene rings is 1. The number of hydrogen-bond donors (Lipinski definition) is 1. The fraction of sp³-hybridized carbons (Fsp3) is 0.316. The van der Waals surface area contributed by atoms with E-state index in [4.69, 9.17) is 0 Å². The Balaban J connectivity index is 1.38. The molecule has 29 heavy (non-hydrogen) atoms. The number of nitrogens with zero attached hydrogens (tertiary/aromatic N) is 7. The zero-order chi connectivity index (χ0) is 20.1. The number of H-pyrrole nitrogens is 1. The molecule has 0 spiro atoms. The van der Waals surface area contributed by atoms with Crippen LogP contribution in [-0.4, -0.2) is 55.5 Å². The second-order valence-electron chi connectivity index (χ2n) is 7.23. The van der Waals surface area contributed by atoms with Crippen molar-refractivity contribution >= 4 is 33.6 Å². The van der Waals surface area contributed by atoms with Gasteiger partial charge in [0.2, 0.25) is 5.95 Å². The molecule has 10 heteroatoms. The molecule has 1 saturated heterocycles. The molecule has 1 aromatic carbocycles. The molecule has 0 unspecified atom stereocenters. The van der Waals surface area contributed by atoms with Crippen LogP contribution in [0.25, 0.3) is 21.9 Å². The van der Waals surface area contributed by atoms with E-state index < -0.39 is 0 Å². The predicted molar refractivity (Wildman–Crippen MR) is 111 cm³/mol. The molecule has 3 aromatic heterocycles. The summed E-state index contributed by atoms with van der Waals surface area (Å²) in [4.78, 5) is 40.6. The van der Waals surface area contributed by atoms with E-state index >= 15 is 0 Å². The highest BCUT2D eigenvalue weighted by Gasteiger charge is 2.21. The summed E-state index contributed by atoms with van der Waals surface area (Å²) in [5.41, 5.74) is 2.07. The zero-order valence-electron chi connectivity index (χ0n) is 16.2. The Kier molecular flexibility index (Phi) is 3.86. The van der Waals surface area contributed by atoms with Gasteiger partial charge in [-0.25, -0.2) is 4.98 Å². The van der Waals surface area contributed by atoms with Crippen molar-refractivity contribution in [1.29, 1.82) is 0 Å².